The zero-order valence-electron chi connectivity index (χ0n) is 14.5. The first kappa shape index (κ1) is 18.0. The molecule has 1 aromatic heterocycles. The highest BCUT2D eigenvalue weighted by Gasteiger charge is 2.07. The summed E-state index contributed by atoms with van der Waals surface area (Å²) in [4.78, 5) is 4.52. The van der Waals surface area contributed by atoms with Crippen molar-refractivity contribution in [2.24, 2.45) is 0 Å². The van der Waals surface area contributed by atoms with Crippen LogP contribution in [0.1, 0.15) is 64.8 Å². The van der Waals surface area contributed by atoms with E-state index in [2.05, 4.69) is 44.1 Å². The Morgan fingerprint density at radius 2 is 1.81 bits per heavy atom. The number of aryl methyl sites for hydroxylation is 2. The standard InChI is InChI=1S/C18H32N2O/c1-6-16-17(12-11-15(2)20-16)21-14-10-8-7-9-13-19-18(3,4)5/h11-12,19H,6-10,13-14H2,1-5H3. The van der Waals surface area contributed by atoms with Gasteiger partial charge in [-0.3, -0.25) is 4.98 Å². The van der Waals surface area contributed by atoms with Crippen LogP contribution in [0.3, 0.4) is 0 Å². The molecule has 0 fully saturated rings. The average Bonchev–Trinajstić information content (AvgIpc) is 2.41. The van der Waals surface area contributed by atoms with E-state index in [9.17, 15) is 0 Å². The third-order valence-corrected chi connectivity index (χ3v) is 3.39. The highest BCUT2D eigenvalue weighted by molar-refractivity contribution is 5.29. The Morgan fingerprint density at radius 1 is 1.10 bits per heavy atom. The van der Waals surface area contributed by atoms with Gasteiger partial charge in [0.05, 0.1) is 12.3 Å². The van der Waals surface area contributed by atoms with Gasteiger partial charge in [0.1, 0.15) is 5.75 Å². The van der Waals surface area contributed by atoms with Gasteiger partial charge in [-0.05, 0) is 65.6 Å². The largest absolute Gasteiger partial charge is 0.492 e. The maximum Gasteiger partial charge on any atom is 0.140 e. The Kier molecular flexibility index (Phi) is 7.73. The summed E-state index contributed by atoms with van der Waals surface area (Å²) in [5.41, 5.74) is 2.37. The second-order valence-corrected chi connectivity index (χ2v) is 6.69. The molecule has 0 saturated carbocycles. The van der Waals surface area contributed by atoms with Crippen LogP contribution in [0.25, 0.3) is 0 Å². The van der Waals surface area contributed by atoms with E-state index >= 15 is 0 Å². The summed E-state index contributed by atoms with van der Waals surface area (Å²) in [5.74, 6) is 0.956. The van der Waals surface area contributed by atoms with Gasteiger partial charge in [0.2, 0.25) is 0 Å². The van der Waals surface area contributed by atoms with Gasteiger partial charge in [-0.15, -0.1) is 0 Å². The monoisotopic (exact) mass is 292 g/mol. The molecule has 0 radical (unpaired) electrons. The first-order valence-electron chi connectivity index (χ1n) is 8.26. The third-order valence-electron chi connectivity index (χ3n) is 3.39. The molecule has 0 aliphatic heterocycles. The molecule has 1 aromatic rings. The van der Waals surface area contributed by atoms with Crippen molar-refractivity contribution < 1.29 is 4.74 Å². The van der Waals surface area contributed by atoms with Gasteiger partial charge in [-0.1, -0.05) is 19.8 Å². The second kappa shape index (κ2) is 9.04. The van der Waals surface area contributed by atoms with Crippen LogP contribution < -0.4 is 10.1 Å². The van der Waals surface area contributed by atoms with Gasteiger partial charge in [0.15, 0.2) is 0 Å². The number of nitrogens with zero attached hydrogens (tertiary/aromatic N) is 1. The van der Waals surface area contributed by atoms with Crippen LogP contribution in [0.15, 0.2) is 12.1 Å². The van der Waals surface area contributed by atoms with E-state index in [1.807, 2.05) is 13.0 Å². The van der Waals surface area contributed by atoms with Crippen LogP contribution in [-0.2, 0) is 6.42 Å². The molecule has 1 heterocycles. The zero-order chi connectivity index (χ0) is 15.7. The SMILES string of the molecule is CCc1nc(C)ccc1OCCCCCCNC(C)(C)C. The topological polar surface area (TPSA) is 34.1 Å². The van der Waals surface area contributed by atoms with Crippen molar-refractivity contribution in [2.45, 2.75) is 72.3 Å². The van der Waals surface area contributed by atoms with Crippen molar-refractivity contribution in [3.05, 3.63) is 23.5 Å². The van der Waals surface area contributed by atoms with E-state index < -0.39 is 0 Å². The van der Waals surface area contributed by atoms with E-state index in [1.165, 1.54) is 19.3 Å². The van der Waals surface area contributed by atoms with Gasteiger partial charge >= 0.3 is 0 Å². The van der Waals surface area contributed by atoms with Crippen molar-refractivity contribution in [3.63, 3.8) is 0 Å². The minimum atomic E-state index is 0.234. The van der Waals surface area contributed by atoms with Gasteiger partial charge in [0.25, 0.3) is 0 Å². The Morgan fingerprint density at radius 3 is 2.48 bits per heavy atom. The fraction of sp³-hybridized carbons (Fsp3) is 0.722. The second-order valence-electron chi connectivity index (χ2n) is 6.69. The number of rotatable bonds is 9. The smallest absolute Gasteiger partial charge is 0.140 e. The first-order chi connectivity index (χ1) is 9.92. The lowest BCUT2D eigenvalue weighted by molar-refractivity contribution is 0.299. The quantitative estimate of drug-likeness (QED) is 0.690. The average molecular weight is 292 g/mol. The third kappa shape index (κ3) is 8.05. The maximum absolute atomic E-state index is 5.87. The molecule has 0 amide bonds. The molecule has 21 heavy (non-hydrogen) atoms. The molecule has 3 heteroatoms. The molecular formula is C18H32N2O. The highest BCUT2D eigenvalue weighted by Crippen LogP contribution is 2.18. The fourth-order valence-electron chi connectivity index (χ4n) is 2.21. The van der Waals surface area contributed by atoms with Crippen LogP contribution in [0.4, 0.5) is 0 Å². The normalized spacial score (nSPS) is 11.7. The van der Waals surface area contributed by atoms with Gasteiger partial charge in [-0.25, -0.2) is 0 Å². The summed E-state index contributed by atoms with van der Waals surface area (Å²) in [5, 5.41) is 3.52. The van der Waals surface area contributed by atoms with Crippen molar-refractivity contribution in [1.29, 1.82) is 0 Å². The summed E-state index contributed by atoms with van der Waals surface area (Å²) < 4.78 is 5.87. The van der Waals surface area contributed by atoms with Crippen LogP contribution in [0.5, 0.6) is 5.75 Å². The number of hydrogen-bond donors (Lipinski definition) is 1. The number of pyridine rings is 1. The number of nitrogens with one attached hydrogen (secondary N) is 1. The number of aromatic nitrogens is 1. The number of hydrogen-bond acceptors (Lipinski definition) is 3. The maximum atomic E-state index is 5.87. The molecule has 0 saturated heterocycles. The molecule has 1 rings (SSSR count). The van der Waals surface area contributed by atoms with Crippen molar-refractivity contribution in [2.75, 3.05) is 13.2 Å². The molecule has 0 atom stereocenters. The Bertz CT molecular complexity index is 410. The Balaban J connectivity index is 2.12. The summed E-state index contributed by atoms with van der Waals surface area (Å²) >= 11 is 0. The molecular weight excluding hydrogens is 260 g/mol. The van der Waals surface area contributed by atoms with E-state index in [4.69, 9.17) is 4.74 Å². The molecule has 0 aromatic carbocycles. The van der Waals surface area contributed by atoms with Crippen LogP contribution >= 0.6 is 0 Å². The summed E-state index contributed by atoms with van der Waals surface area (Å²) in [6.45, 7) is 12.7. The molecule has 3 nitrogen and oxygen atoms in total. The molecule has 0 unspecified atom stereocenters. The predicted molar refractivity (Wildman–Crippen MR) is 90.1 cm³/mol. The Hall–Kier alpha value is -1.09. The predicted octanol–water partition coefficient (Wildman–Crippen LogP) is 4.28. The van der Waals surface area contributed by atoms with Gasteiger partial charge < -0.3 is 10.1 Å². The lowest BCUT2D eigenvalue weighted by Crippen LogP contribution is -2.36. The van der Waals surface area contributed by atoms with Crippen molar-refractivity contribution in [1.82, 2.24) is 10.3 Å². The van der Waals surface area contributed by atoms with Crippen LogP contribution in [-0.4, -0.2) is 23.7 Å². The minimum Gasteiger partial charge on any atom is -0.492 e. The van der Waals surface area contributed by atoms with Gasteiger partial charge in [-0.2, -0.15) is 0 Å². The van der Waals surface area contributed by atoms with Crippen molar-refractivity contribution in [3.8, 4) is 5.75 Å². The summed E-state index contributed by atoms with van der Waals surface area (Å²) in [7, 11) is 0. The van der Waals surface area contributed by atoms with E-state index in [0.717, 1.165) is 43.1 Å². The summed E-state index contributed by atoms with van der Waals surface area (Å²) in [6, 6.07) is 4.07. The minimum absolute atomic E-state index is 0.234. The molecule has 0 aliphatic carbocycles. The molecule has 0 aliphatic rings. The molecule has 120 valence electrons. The summed E-state index contributed by atoms with van der Waals surface area (Å²) in [6.07, 6.45) is 5.78. The van der Waals surface area contributed by atoms with Crippen LogP contribution in [0.2, 0.25) is 0 Å². The first-order valence-corrected chi connectivity index (χ1v) is 8.26. The van der Waals surface area contributed by atoms with Gasteiger partial charge in [0, 0.05) is 11.2 Å². The van der Waals surface area contributed by atoms with E-state index in [0.29, 0.717) is 0 Å². The van der Waals surface area contributed by atoms with E-state index in [-0.39, 0.29) is 5.54 Å². The van der Waals surface area contributed by atoms with Crippen molar-refractivity contribution >= 4 is 0 Å². The van der Waals surface area contributed by atoms with E-state index in [1.54, 1.807) is 0 Å². The molecule has 0 spiro atoms. The van der Waals surface area contributed by atoms with Crippen LogP contribution in [0, 0.1) is 6.92 Å². The highest BCUT2D eigenvalue weighted by atomic mass is 16.5. The number of ether oxygens (including phenoxy) is 1. The fourth-order valence-corrected chi connectivity index (χ4v) is 2.21. The lowest BCUT2D eigenvalue weighted by atomic mass is 10.1. The lowest BCUT2D eigenvalue weighted by Gasteiger charge is -2.20. The Labute approximate surface area is 130 Å². The zero-order valence-corrected chi connectivity index (χ0v) is 14.5. The molecule has 0 bridgehead atoms. The molecule has 1 N–H and O–H groups in total. The number of unbranched alkanes of at least 4 members (excludes halogenated alkanes) is 3.